The summed E-state index contributed by atoms with van der Waals surface area (Å²) >= 11 is 1.20. The van der Waals surface area contributed by atoms with Gasteiger partial charge < -0.3 is 10.2 Å². The van der Waals surface area contributed by atoms with Crippen molar-refractivity contribution in [2.75, 3.05) is 5.75 Å². The zero-order valence-corrected chi connectivity index (χ0v) is 8.89. The van der Waals surface area contributed by atoms with Crippen LogP contribution in [-0.2, 0) is 10.5 Å². The molecule has 2 aromatic heterocycles. The first-order valence-corrected chi connectivity index (χ1v) is 5.50. The molecule has 0 saturated carbocycles. The third-order valence-corrected chi connectivity index (χ3v) is 2.71. The number of rotatable bonds is 4. The summed E-state index contributed by atoms with van der Waals surface area (Å²) in [5.41, 5.74) is 0.573. The van der Waals surface area contributed by atoms with Crippen molar-refractivity contribution in [2.45, 2.75) is 5.75 Å². The number of hydrogen-bond acceptors (Lipinski definition) is 6. The molecule has 0 amide bonds. The molecule has 0 unspecified atom stereocenters. The molecule has 0 radical (unpaired) electrons. The SMILES string of the molecule is O=C(O)CSCc1cc(O)n2ncnc2n1. The van der Waals surface area contributed by atoms with E-state index in [9.17, 15) is 9.90 Å². The standard InChI is InChI=1S/C8H8N4O3S/c13-6-1-5(2-16-3-7(14)15)11-8-9-4-10-12(6)8/h1,4,13H,2-3H2,(H,14,15). The lowest BCUT2D eigenvalue weighted by atomic mass is 10.4. The fourth-order valence-electron chi connectivity index (χ4n) is 1.16. The summed E-state index contributed by atoms with van der Waals surface area (Å²) in [5, 5.41) is 21.8. The van der Waals surface area contributed by atoms with E-state index in [2.05, 4.69) is 15.1 Å². The van der Waals surface area contributed by atoms with E-state index in [1.165, 1.54) is 28.7 Å². The number of nitrogens with zero attached hydrogens (tertiary/aromatic N) is 4. The van der Waals surface area contributed by atoms with Gasteiger partial charge in [-0.1, -0.05) is 0 Å². The average molecular weight is 240 g/mol. The lowest BCUT2D eigenvalue weighted by Gasteiger charge is -2.01. The molecule has 7 nitrogen and oxygen atoms in total. The van der Waals surface area contributed by atoms with Crippen LogP contribution in [0.5, 0.6) is 5.88 Å². The Kier molecular flexibility index (Phi) is 2.91. The van der Waals surface area contributed by atoms with Crippen LogP contribution < -0.4 is 0 Å². The molecule has 0 aromatic carbocycles. The van der Waals surface area contributed by atoms with E-state index in [0.717, 1.165) is 0 Å². The lowest BCUT2D eigenvalue weighted by molar-refractivity contribution is -0.133. The molecule has 2 aromatic rings. The van der Waals surface area contributed by atoms with Gasteiger partial charge >= 0.3 is 5.97 Å². The average Bonchev–Trinajstić information content (AvgIpc) is 2.65. The van der Waals surface area contributed by atoms with Crippen molar-refractivity contribution < 1.29 is 15.0 Å². The molecular weight excluding hydrogens is 232 g/mol. The first-order chi connectivity index (χ1) is 7.66. The highest BCUT2D eigenvalue weighted by Crippen LogP contribution is 2.15. The molecule has 0 saturated heterocycles. The van der Waals surface area contributed by atoms with E-state index in [4.69, 9.17) is 5.11 Å². The van der Waals surface area contributed by atoms with Crippen molar-refractivity contribution in [2.24, 2.45) is 0 Å². The van der Waals surface area contributed by atoms with E-state index in [0.29, 0.717) is 17.2 Å². The molecule has 0 fully saturated rings. The number of hydrogen-bond donors (Lipinski definition) is 2. The van der Waals surface area contributed by atoms with Crippen LogP contribution in [0.1, 0.15) is 5.69 Å². The number of aromatic nitrogens is 4. The first-order valence-electron chi connectivity index (χ1n) is 4.35. The number of aromatic hydroxyl groups is 1. The highest BCUT2D eigenvalue weighted by atomic mass is 32.2. The highest BCUT2D eigenvalue weighted by Gasteiger charge is 2.06. The second-order valence-electron chi connectivity index (χ2n) is 2.96. The smallest absolute Gasteiger partial charge is 0.313 e. The van der Waals surface area contributed by atoms with Crippen LogP contribution in [0.25, 0.3) is 5.78 Å². The zero-order chi connectivity index (χ0) is 11.5. The Bertz CT molecular complexity index is 527. The van der Waals surface area contributed by atoms with Gasteiger partial charge in [0.25, 0.3) is 5.78 Å². The minimum absolute atomic E-state index is 0.000310. The second kappa shape index (κ2) is 4.35. The Hall–Kier alpha value is -1.83. The van der Waals surface area contributed by atoms with Crippen LogP contribution >= 0.6 is 11.8 Å². The van der Waals surface area contributed by atoms with Crippen molar-refractivity contribution in [3.05, 3.63) is 18.1 Å². The van der Waals surface area contributed by atoms with Crippen molar-refractivity contribution in [1.29, 1.82) is 0 Å². The third-order valence-electron chi connectivity index (χ3n) is 1.76. The van der Waals surface area contributed by atoms with Gasteiger partial charge in [0.05, 0.1) is 11.4 Å². The fraction of sp³-hybridized carbons (Fsp3) is 0.250. The Morgan fingerprint density at radius 1 is 1.56 bits per heavy atom. The van der Waals surface area contributed by atoms with Crippen LogP contribution in [0.15, 0.2) is 12.4 Å². The molecule has 0 aliphatic heterocycles. The molecule has 84 valence electrons. The highest BCUT2D eigenvalue weighted by molar-refractivity contribution is 7.99. The van der Waals surface area contributed by atoms with Gasteiger partial charge in [0.1, 0.15) is 6.33 Å². The van der Waals surface area contributed by atoms with Gasteiger partial charge in [-0.2, -0.15) is 14.6 Å². The number of carboxylic acids is 1. The normalized spacial score (nSPS) is 10.8. The number of fused-ring (bicyclic) bond motifs is 1. The summed E-state index contributed by atoms with van der Waals surface area (Å²) in [6.07, 6.45) is 1.29. The van der Waals surface area contributed by atoms with Crippen molar-refractivity contribution in [3.8, 4) is 5.88 Å². The van der Waals surface area contributed by atoms with Gasteiger partial charge in [-0.25, -0.2) is 4.98 Å². The zero-order valence-electron chi connectivity index (χ0n) is 8.07. The van der Waals surface area contributed by atoms with E-state index in [1.54, 1.807) is 0 Å². The molecule has 0 spiro atoms. The summed E-state index contributed by atoms with van der Waals surface area (Å²) in [4.78, 5) is 18.3. The molecule has 0 aliphatic rings. The molecule has 2 rings (SSSR count). The Morgan fingerprint density at radius 3 is 3.12 bits per heavy atom. The predicted octanol–water partition coefficient (Wildman–Crippen LogP) is 0.148. The Balaban J connectivity index is 2.15. The van der Waals surface area contributed by atoms with Gasteiger partial charge in [0.15, 0.2) is 0 Å². The van der Waals surface area contributed by atoms with Crippen molar-refractivity contribution in [3.63, 3.8) is 0 Å². The van der Waals surface area contributed by atoms with E-state index in [1.807, 2.05) is 0 Å². The summed E-state index contributed by atoms with van der Waals surface area (Å²) in [7, 11) is 0. The monoisotopic (exact) mass is 240 g/mol. The summed E-state index contributed by atoms with van der Waals surface area (Å²) < 4.78 is 1.20. The Labute approximate surface area is 94.1 Å². The van der Waals surface area contributed by atoms with Crippen LogP contribution in [0.3, 0.4) is 0 Å². The summed E-state index contributed by atoms with van der Waals surface area (Å²) in [6.45, 7) is 0. The molecule has 16 heavy (non-hydrogen) atoms. The Morgan fingerprint density at radius 2 is 2.38 bits per heavy atom. The first kappa shape index (κ1) is 10.7. The van der Waals surface area contributed by atoms with Crippen LogP contribution in [0.2, 0.25) is 0 Å². The van der Waals surface area contributed by atoms with Gasteiger partial charge in [0.2, 0.25) is 5.88 Å². The number of thioether (sulfide) groups is 1. The minimum Gasteiger partial charge on any atom is -0.493 e. The van der Waals surface area contributed by atoms with Gasteiger partial charge in [0, 0.05) is 11.8 Å². The van der Waals surface area contributed by atoms with Gasteiger partial charge in [-0.05, 0) is 0 Å². The fourth-order valence-corrected chi connectivity index (χ4v) is 1.79. The molecular formula is C8H8N4O3S. The summed E-state index contributed by atoms with van der Waals surface area (Å²) in [6, 6.07) is 1.44. The van der Waals surface area contributed by atoms with E-state index in [-0.39, 0.29) is 11.6 Å². The van der Waals surface area contributed by atoms with Gasteiger partial charge in [-0.3, -0.25) is 4.79 Å². The van der Waals surface area contributed by atoms with Crippen LogP contribution in [-0.4, -0.2) is 41.5 Å². The number of carbonyl (C=O) groups is 1. The minimum atomic E-state index is -0.877. The predicted molar refractivity (Wildman–Crippen MR) is 56.2 cm³/mol. The molecule has 2 N–H and O–H groups in total. The molecule has 0 aliphatic carbocycles. The van der Waals surface area contributed by atoms with Crippen LogP contribution in [0, 0.1) is 0 Å². The van der Waals surface area contributed by atoms with Crippen molar-refractivity contribution >= 4 is 23.5 Å². The molecule has 2 heterocycles. The third kappa shape index (κ3) is 2.22. The second-order valence-corrected chi connectivity index (χ2v) is 3.95. The molecule has 0 bridgehead atoms. The lowest BCUT2D eigenvalue weighted by Crippen LogP contribution is -2.00. The topological polar surface area (TPSA) is 101 Å². The molecule has 0 atom stereocenters. The maximum absolute atomic E-state index is 10.3. The number of aliphatic carboxylic acids is 1. The molecule has 8 heteroatoms. The number of carboxylic acid groups (broad SMARTS) is 1. The maximum Gasteiger partial charge on any atom is 0.313 e. The van der Waals surface area contributed by atoms with E-state index >= 15 is 0 Å². The maximum atomic E-state index is 10.3. The summed E-state index contributed by atoms with van der Waals surface area (Å²) in [5.74, 6) is -0.235. The van der Waals surface area contributed by atoms with Gasteiger partial charge in [-0.15, -0.1) is 11.8 Å². The van der Waals surface area contributed by atoms with Crippen molar-refractivity contribution in [1.82, 2.24) is 19.6 Å². The van der Waals surface area contributed by atoms with Crippen LogP contribution in [0.4, 0.5) is 0 Å². The largest absolute Gasteiger partial charge is 0.493 e. The van der Waals surface area contributed by atoms with E-state index < -0.39 is 5.97 Å². The quantitative estimate of drug-likeness (QED) is 0.784.